The van der Waals surface area contributed by atoms with Crippen molar-refractivity contribution in [3.63, 3.8) is 0 Å². The van der Waals surface area contributed by atoms with E-state index >= 15 is 0 Å². The molecule has 2 rings (SSSR count). The summed E-state index contributed by atoms with van der Waals surface area (Å²) >= 11 is 0. The van der Waals surface area contributed by atoms with Crippen molar-refractivity contribution < 1.29 is 4.79 Å². The Morgan fingerprint density at radius 3 is 2.68 bits per heavy atom. The van der Waals surface area contributed by atoms with E-state index in [0.29, 0.717) is 6.54 Å². The molecule has 2 amide bonds. The van der Waals surface area contributed by atoms with Gasteiger partial charge in [-0.25, -0.2) is 4.79 Å². The van der Waals surface area contributed by atoms with Gasteiger partial charge in [0.1, 0.15) is 0 Å². The zero-order chi connectivity index (χ0) is 15.8. The van der Waals surface area contributed by atoms with E-state index in [-0.39, 0.29) is 6.03 Å². The summed E-state index contributed by atoms with van der Waals surface area (Å²) in [6, 6.07) is 16.2. The Bertz CT molecular complexity index is 662. The summed E-state index contributed by atoms with van der Waals surface area (Å²) < 4.78 is 0. The summed E-state index contributed by atoms with van der Waals surface area (Å²) in [4.78, 5) is 11.7. The van der Waals surface area contributed by atoms with Gasteiger partial charge < -0.3 is 10.6 Å². The highest BCUT2D eigenvalue weighted by Gasteiger charge is 1.98. The lowest BCUT2D eigenvalue weighted by atomic mass is 10.1. The Labute approximate surface area is 132 Å². The van der Waals surface area contributed by atoms with E-state index in [0.717, 1.165) is 12.0 Å². The fourth-order valence-corrected chi connectivity index (χ4v) is 2.22. The molecule has 3 heteroatoms. The maximum atomic E-state index is 11.7. The summed E-state index contributed by atoms with van der Waals surface area (Å²) in [6.07, 6.45) is 4.40. The molecule has 0 fully saturated rings. The van der Waals surface area contributed by atoms with Gasteiger partial charge in [0.2, 0.25) is 0 Å². The molecule has 0 radical (unpaired) electrons. The number of amides is 2. The van der Waals surface area contributed by atoms with Crippen molar-refractivity contribution in [2.75, 3.05) is 6.54 Å². The number of carbonyl (C=O) groups is 1. The van der Waals surface area contributed by atoms with Crippen molar-refractivity contribution >= 4 is 12.1 Å². The van der Waals surface area contributed by atoms with Crippen molar-refractivity contribution in [1.82, 2.24) is 10.6 Å². The number of carbonyl (C=O) groups excluding carboxylic acids is 1. The van der Waals surface area contributed by atoms with E-state index in [9.17, 15) is 4.79 Å². The van der Waals surface area contributed by atoms with Gasteiger partial charge >= 0.3 is 6.03 Å². The first kappa shape index (κ1) is 15.8. The van der Waals surface area contributed by atoms with Crippen molar-refractivity contribution in [2.24, 2.45) is 0 Å². The molecule has 0 heterocycles. The molecule has 0 aliphatic heterocycles. The summed E-state index contributed by atoms with van der Waals surface area (Å²) in [5.41, 5.74) is 4.75. The summed E-state index contributed by atoms with van der Waals surface area (Å²) in [6.45, 7) is 4.73. The Kier molecular flexibility index (Phi) is 5.78. The second-order valence-electron chi connectivity index (χ2n) is 5.33. The highest BCUT2D eigenvalue weighted by atomic mass is 16.2. The zero-order valence-corrected chi connectivity index (χ0v) is 13.1. The van der Waals surface area contributed by atoms with E-state index < -0.39 is 0 Å². The first-order chi connectivity index (χ1) is 10.6. The van der Waals surface area contributed by atoms with Crippen LogP contribution < -0.4 is 10.6 Å². The van der Waals surface area contributed by atoms with Crippen LogP contribution in [0, 0.1) is 13.8 Å². The minimum atomic E-state index is -0.183. The number of aryl methyl sites for hydroxylation is 2. The quantitative estimate of drug-likeness (QED) is 0.865. The number of hydrogen-bond acceptors (Lipinski definition) is 1. The van der Waals surface area contributed by atoms with E-state index in [1.165, 1.54) is 16.7 Å². The predicted octanol–water partition coefficient (Wildman–Crippen LogP) is 3.82. The van der Waals surface area contributed by atoms with Gasteiger partial charge in [0.15, 0.2) is 0 Å². The Hall–Kier alpha value is -2.55. The molecular formula is C19H22N2O. The number of hydrogen-bond donors (Lipinski definition) is 2. The smallest absolute Gasteiger partial charge is 0.318 e. The largest absolute Gasteiger partial charge is 0.338 e. The lowest BCUT2D eigenvalue weighted by molar-refractivity contribution is 0.244. The van der Waals surface area contributed by atoms with Crippen LogP contribution in [-0.4, -0.2) is 12.6 Å². The average molecular weight is 294 g/mol. The predicted molar refractivity (Wildman–Crippen MR) is 91.6 cm³/mol. The molecule has 0 saturated heterocycles. The van der Waals surface area contributed by atoms with E-state index in [1.54, 1.807) is 6.20 Å². The first-order valence-electron chi connectivity index (χ1n) is 7.47. The molecule has 0 aliphatic rings. The van der Waals surface area contributed by atoms with Crippen LogP contribution in [0.1, 0.15) is 22.3 Å². The minimum Gasteiger partial charge on any atom is -0.338 e. The van der Waals surface area contributed by atoms with Gasteiger partial charge in [0, 0.05) is 12.7 Å². The molecule has 0 aliphatic carbocycles. The third-order valence-electron chi connectivity index (χ3n) is 3.45. The molecule has 0 saturated carbocycles. The second kappa shape index (κ2) is 8.03. The molecular weight excluding hydrogens is 272 g/mol. The number of nitrogens with one attached hydrogen (secondary N) is 2. The van der Waals surface area contributed by atoms with Crippen molar-refractivity contribution in [3.05, 3.63) is 77.0 Å². The van der Waals surface area contributed by atoms with E-state index in [1.807, 2.05) is 43.3 Å². The average Bonchev–Trinajstić information content (AvgIpc) is 2.49. The lowest BCUT2D eigenvalue weighted by Gasteiger charge is -2.05. The third kappa shape index (κ3) is 5.09. The van der Waals surface area contributed by atoms with Crippen LogP contribution in [0.2, 0.25) is 0 Å². The number of rotatable bonds is 5. The van der Waals surface area contributed by atoms with Crippen molar-refractivity contribution in [1.29, 1.82) is 0 Å². The Morgan fingerprint density at radius 2 is 1.91 bits per heavy atom. The SMILES string of the molecule is Cc1cccc(CCNC(=O)N/C=C/c2ccccc2C)c1. The third-order valence-corrected chi connectivity index (χ3v) is 3.45. The molecule has 0 unspecified atom stereocenters. The van der Waals surface area contributed by atoms with Crippen LogP contribution in [0.15, 0.2) is 54.7 Å². The van der Waals surface area contributed by atoms with Crippen LogP contribution in [0.5, 0.6) is 0 Å². The lowest BCUT2D eigenvalue weighted by Crippen LogP contribution is -2.33. The molecule has 114 valence electrons. The monoisotopic (exact) mass is 294 g/mol. The first-order valence-corrected chi connectivity index (χ1v) is 7.47. The zero-order valence-electron chi connectivity index (χ0n) is 13.1. The van der Waals surface area contributed by atoms with Crippen LogP contribution in [0.3, 0.4) is 0 Å². The van der Waals surface area contributed by atoms with Gasteiger partial charge in [-0.15, -0.1) is 0 Å². The molecule has 0 aromatic heterocycles. The van der Waals surface area contributed by atoms with Crippen molar-refractivity contribution in [2.45, 2.75) is 20.3 Å². The molecule has 0 bridgehead atoms. The van der Waals surface area contributed by atoms with Gasteiger partial charge in [-0.1, -0.05) is 54.1 Å². The fourth-order valence-electron chi connectivity index (χ4n) is 2.22. The summed E-state index contributed by atoms with van der Waals surface area (Å²) in [7, 11) is 0. The second-order valence-corrected chi connectivity index (χ2v) is 5.33. The molecule has 2 aromatic rings. The molecule has 3 nitrogen and oxygen atoms in total. The normalized spacial score (nSPS) is 10.6. The standard InChI is InChI=1S/C19H22N2O/c1-15-6-5-8-17(14-15)10-12-20-19(22)21-13-11-18-9-4-3-7-16(18)2/h3-9,11,13-14H,10,12H2,1-2H3,(H2,20,21,22)/b13-11+. The summed E-state index contributed by atoms with van der Waals surface area (Å²) in [5, 5.41) is 5.58. The van der Waals surface area contributed by atoms with Crippen molar-refractivity contribution in [3.8, 4) is 0 Å². The van der Waals surface area contributed by atoms with Gasteiger partial charge in [0.05, 0.1) is 0 Å². The van der Waals surface area contributed by atoms with Gasteiger partial charge in [-0.2, -0.15) is 0 Å². The maximum Gasteiger partial charge on any atom is 0.318 e. The Morgan fingerprint density at radius 1 is 1.09 bits per heavy atom. The highest BCUT2D eigenvalue weighted by Crippen LogP contribution is 2.08. The molecule has 0 spiro atoms. The van der Waals surface area contributed by atoms with Gasteiger partial charge in [0.25, 0.3) is 0 Å². The molecule has 2 N–H and O–H groups in total. The molecule has 22 heavy (non-hydrogen) atoms. The van der Waals surface area contributed by atoms with Crippen LogP contribution in [0.25, 0.3) is 6.08 Å². The van der Waals surface area contributed by atoms with E-state index in [4.69, 9.17) is 0 Å². The van der Waals surface area contributed by atoms with Gasteiger partial charge in [-0.05, 0) is 43.0 Å². The molecule has 2 aromatic carbocycles. The fraction of sp³-hybridized carbons (Fsp3) is 0.211. The van der Waals surface area contributed by atoms with Crippen LogP contribution >= 0.6 is 0 Å². The number of benzene rings is 2. The number of urea groups is 1. The van der Waals surface area contributed by atoms with Gasteiger partial charge in [-0.3, -0.25) is 0 Å². The minimum absolute atomic E-state index is 0.183. The topological polar surface area (TPSA) is 41.1 Å². The highest BCUT2D eigenvalue weighted by molar-refractivity contribution is 5.76. The van der Waals surface area contributed by atoms with Crippen LogP contribution in [-0.2, 0) is 6.42 Å². The summed E-state index contributed by atoms with van der Waals surface area (Å²) in [5.74, 6) is 0. The van der Waals surface area contributed by atoms with E-state index in [2.05, 4.69) is 35.8 Å². The Balaban J connectivity index is 1.73. The molecule has 0 atom stereocenters. The maximum absolute atomic E-state index is 11.7. The van der Waals surface area contributed by atoms with Crippen LogP contribution in [0.4, 0.5) is 4.79 Å².